The van der Waals surface area contributed by atoms with E-state index < -0.39 is 0 Å². The maximum absolute atomic E-state index is 12.8. The highest BCUT2D eigenvalue weighted by atomic mass is 16.1. The van der Waals surface area contributed by atoms with Gasteiger partial charge in [0, 0.05) is 18.7 Å². The molecule has 4 aromatic rings. The molecule has 3 heteroatoms. The molecule has 0 aliphatic rings. The lowest BCUT2D eigenvalue weighted by Gasteiger charge is -2.18. The van der Waals surface area contributed by atoms with E-state index in [-0.39, 0.29) is 5.91 Å². The number of hydrogen-bond donors (Lipinski definition) is 1. The number of carbonyl (C=O) groups excluding carboxylic acids is 1. The minimum atomic E-state index is -0.0550. The minimum Gasteiger partial charge on any atom is -0.348 e. The predicted octanol–water partition coefficient (Wildman–Crippen LogP) is 6.59. The fourth-order valence-corrected chi connectivity index (χ4v) is 4.20. The van der Waals surface area contributed by atoms with Crippen LogP contribution in [0.4, 0.5) is 0 Å². The Hall–Kier alpha value is -3.43. The third kappa shape index (κ3) is 5.50. The largest absolute Gasteiger partial charge is 0.348 e. The van der Waals surface area contributed by atoms with Crippen LogP contribution in [0.2, 0.25) is 0 Å². The van der Waals surface area contributed by atoms with E-state index in [0.29, 0.717) is 12.1 Å². The quantitative estimate of drug-likeness (QED) is 0.338. The number of hydrogen-bond acceptors (Lipinski definition) is 2. The normalized spacial score (nSPS) is 11.2. The van der Waals surface area contributed by atoms with Crippen molar-refractivity contribution in [1.29, 1.82) is 0 Å². The summed E-state index contributed by atoms with van der Waals surface area (Å²) in [6, 6.07) is 29.2. The lowest BCUT2D eigenvalue weighted by Crippen LogP contribution is -2.23. The molecule has 0 fully saturated rings. The molecule has 0 aromatic heterocycles. The summed E-state index contributed by atoms with van der Waals surface area (Å²) >= 11 is 0. The smallest absolute Gasteiger partial charge is 0.251 e. The lowest BCUT2D eigenvalue weighted by molar-refractivity contribution is 0.0951. The molecule has 0 unspecified atom stereocenters. The van der Waals surface area contributed by atoms with Crippen LogP contribution in [0.25, 0.3) is 21.9 Å². The van der Waals surface area contributed by atoms with E-state index in [1.54, 1.807) is 0 Å². The molecule has 0 spiro atoms. The average Bonchev–Trinajstić information content (AvgIpc) is 2.86. The van der Waals surface area contributed by atoms with Crippen LogP contribution in [0.5, 0.6) is 0 Å². The van der Waals surface area contributed by atoms with Gasteiger partial charge < -0.3 is 5.32 Å². The summed E-state index contributed by atoms with van der Waals surface area (Å²) in [5.41, 5.74) is 6.63. The van der Waals surface area contributed by atoms with E-state index in [4.69, 9.17) is 0 Å². The molecule has 168 valence electrons. The number of amides is 1. The van der Waals surface area contributed by atoms with Gasteiger partial charge >= 0.3 is 0 Å². The van der Waals surface area contributed by atoms with Gasteiger partial charge in [-0.3, -0.25) is 9.69 Å². The van der Waals surface area contributed by atoms with Crippen LogP contribution in [0.1, 0.15) is 40.9 Å². The van der Waals surface area contributed by atoms with Crippen LogP contribution in [0, 0.1) is 6.92 Å². The minimum absolute atomic E-state index is 0.0550. The molecule has 0 radical (unpaired) electrons. The van der Waals surface area contributed by atoms with Crippen molar-refractivity contribution < 1.29 is 4.79 Å². The van der Waals surface area contributed by atoms with E-state index >= 15 is 0 Å². The maximum atomic E-state index is 12.8. The zero-order valence-corrected chi connectivity index (χ0v) is 19.8. The van der Waals surface area contributed by atoms with Crippen LogP contribution >= 0.6 is 0 Å². The van der Waals surface area contributed by atoms with E-state index in [9.17, 15) is 4.79 Å². The van der Waals surface area contributed by atoms with Gasteiger partial charge in [-0.1, -0.05) is 86.1 Å². The van der Waals surface area contributed by atoms with Crippen molar-refractivity contribution >= 4 is 16.7 Å². The fraction of sp³-hybridized carbons (Fsp3) is 0.233. The zero-order valence-electron chi connectivity index (χ0n) is 19.8. The SMILES string of the molecule is CCN(CC)Cc1ccc2c(CNC(=O)c3ccc(-c4ccc(C)cc4)cc3)cccc2c1. The topological polar surface area (TPSA) is 32.3 Å². The van der Waals surface area contributed by atoms with Crippen molar-refractivity contribution in [3.63, 3.8) is 0 Å². The molecule has 0 saturated carbocycles. The van der Waals surface area contributed by atoms with Gasteiger partial charge in [0.15, 0.2) is 0 Å². The monoisotopic (exact) mass is 436 g/mol. The molecular formula is C30H32N2O. The van der Waals surface area contributed by atoms with E-state index in [1.165, 1.54) is 21.9 Å². The second kappa shape index (κ2) is 10.5. The molecule has 1 amide bonds. The number of benzene rings is 4. The standard InChI is InChI=1S/C30H32N2O/c1-4-32(5-2)21-23-11-18-29-27(19-23)7-6-8-28(29)20-31-30(33)26-16-14-25(15-17-26)24-12-9-22(3)10-13-24/h6-19H,4-5,20-21H2,1-3H3,(H,31,33). The van der Waals surface area contributed by atoms with Gasteiger partial charge in [0.2, 0.25) is 0 Å². The van der Waals surface area contributed by atoms with Crippen LogP contribution < -0.4 is 5.32 Å². The predicted molar refractivity (Wildman–Crippen MR) is 138 cm³/mol. The van der Waals surface area contributed by atoms with Gasteiger partial charge in [0.05, 0.1) is 0 Å². The number of carbonyl (C=O) groups is 1. The van der Waals surface area contributed by atoms with Gasteiger partial charge in [-0.05, 0) is 71.2 Å². The lowest BCUT2D eigenvalue weighted by atomic mass is 10.0. The average molecular weight is 437 g/mol. The third-order valence-electron chi connectivity index (χ3n) is 6.31. The maximum Gasteiger partial charge on any atom is 0.251 e. The van der Waals surface area contributed by atoms with Crippen molar-refractivity contribution in [2.24, 2.45) is 0 Å². The molecule has 0 aliphatic carbocycles. The van der Waals surface area contributed by atoms with E-state index in [0.717, 1.165) is 36.3 Å². The van der Waals surface area contributed by atoms with Crippen molar-refractivity contribution in [2.75, 3.05) is 13.1 Å². The Labute approximate surface area is 197 Å². The highest BCUT2D eigenvalue weighted by molar-refractivity contribution is 5.95. The second-order valence-corrected chi connectivity index (χ2v) is 8.56. The summed E-state index contributed by atoms with van der Waals surface area (Å²) in [5.74, 6) is -0.0550. The molecular weight excluding hydrogens is 404 g/mol. The van der Waals surface area contributed by atoms with Crippen molar-refractivity contribution in [2.45, 2.75) is 33.9 Å². The van der Waals surface area contributed by atoms with Crippen molar-refractivity contribution in [3.8, 4) is 11.1 Å². The highest BCUT2D eigenvalue weighted by Gasteiger charge is 2.09. The number of nitrogens with one attached hydrogen (secondary N) is 1. The summed E-state index contributed by atoms with van der Waals surface area (Å²) < 4.78 is 0. The summed E-state index contributed by atoms with van der Waals surface area (Å²) in [4.78, 5) is 15.2. The highest BCUT2D eigenvalue weighted by Crippen LogP contribution is 2.22. The number of nitrogens with zero attached hydrogens (tertiary/aromatic N) is 1. The Morgan fingerprint density at radius 2 is 1.48 bits per heavy atom. The van der Waals surface area contributed by atoms with Crippen LogP contribution in [-0.4, -0.2) is 23.9 Å². The molecule has 0 atom stereocenters. The molecule has 0 bridgehead atoms. The molecule has 0 heterocycles. The number of rotatable bonds is 8. The molecule has 0 saturated heterocycles. The fourth-order valence-electron chi connectivity index (χ4n) is 4.20. The first-order chi connectivity index (χ1) is 16.1. The van der Waals surface area contributed by atoms with E-state index in [1.807, 2.05) is 24.3 Å². The molecule has 1 N–H and O–H groups in total. The Morgan fingerprint density at radius 3 is 2.15 bits per heavy atom. The summed E-state index contributed by atoms with van der Waals surface area (Å²) in [6.07, 6.45) is 0. The van der Waals surface area contributed by atoms with Gasteiger partial charge in [0.1, 0.15) is 0 Å². The first kappa shape index (κ1) is 22.8. The Morgan fingerprint density at radius 1 is 0.818 bits per heavy atom. The third-order valence-corrected chi connectivity index (χ3v) is 6.31. The van der Waals surface area contributed by atoms with Crippen molar-refractivity contribution in [1.82, 2.24) is 10.2 Å². The zero-order chi connectivity index (χ0) is 23.2. The van der Waals surface area contributed by atoms with Crippen LogP contribution in [0.15, 0.2) is 84.9 Å². The number of fused-ring (bicyclic) bond motifs is 1. The van der Waals surface area contributed by atoms with E-state index in [2.05, 4.69) is 91.7 Å². The van der Waals surface area contributed by atoms with Gasteiger partial charge in [-0.25, -0.2) is 0 Å². The molecule has 4 aromatic carbocycles. The molecule has 3 nitrogen and oxygen atoms in total. The first-order valence-electron chi connectivity index (χ1n) is 11.8. The molecule has 4 rings (SSSR count). The summed E-state index contributed by atoms with van der Waals surface area (Å²) in [6.45, 7) is 10.0. The second-order valence-electron chi connectivity index (χ2n) is 8.56. The summed E-state index contributed by atoms with van der Waals surface area (Å²) in [7, 11) is 0. The first-order valence-corrected chi connectivity index (χ1v) is 11.8. The Bertz CT molecular complexity index is 1220. The number of aryl methyl sites for hydroxylation is 1. The summed E-state index contributed by atoms with van der Waals surface area (Å²) in [5, 5.41) is 5.50. The van der Waals surface area contributed by atoms with Crippen LogP contribution in [0.3, 0.4) is 0 Å². The van der Waals surface area contributed by atoms with Crippen molar-refractivity contribution in [3.05, 3.63) is 107 Å². The van der Waals surface area contributed by atoms with Gasteiger partial charge in [-0.15, -0.1) is 0 Å². The van der Waals surface area contributed by atoms with Crippen LogP contribution in [-0.2, 0) is 13.1 Å². The van der Waals surface area contributed by atoms with Gasteiger partial charge in [-0.2, -0.15) is 0 Å². The van der Waals surface area contributed by atoms with Gasteiger partial charge in [0.25, 0.3) is 5.91 Å². The Kier molecular flexibility index (Phi) is 7.21. The molecule has 0 aliphatic heterocycles. The molecule has 33 heavy (non-hydrogen) atoms. The Balaban J connectivity index is 1.44.